The molecule has 0 unspecified atom stereocenters. The molecule has 0 bridgehead atoms. The topological polar surface area (TPSA) is 56.5 Å². The maximum absolute atomic E-state index is 11.4. The molecule has 0 fully saturated rings. The molecule has 0 amide bonds. The Balaban J connectivity index is 2.45. The van der Waals surface area contributed by atoms with Crippen molar-refractivity contribution in [2.45, 2.75) is 6.92 Å². The number of hydrogen-bond donors (Lipinski definition) is 0. The zero-order chi connectivity index (χ0) is 10.8. The van der Waals surface area contributed by atoms with Gasteiger partial charge in [-0.2, -0.15) is 5.10 Å². The minimum absolute atomic E-state index is 0.283. The average Bonchev–Trinajstić information content (AvgIpc) is 2.60. The van der Waals surface area contributed by atoms with Crippen molar-refractivity contribution in [2.75, 3.05) is 6.61 Å². The first kappa shape index (κ1) is 10.1. The molecule has 0 aromatic carbocycles. The predicted octanol–water partition coefficient (Wildman–Crippen LogP) is 1.67. The highest BCUT2D eigenvalue weighted by atomic mass is 79.9. The average molecular weight is 270 g/mol. The molecule has 5 nitrogen and oxygen atoms in total. The third kappa shape index (κ3) is 1.85. The van der Waals surface area contributed by atoms with Gasteiger partial charge in [0.15, 0.2) is 11.3 Å². The van der Waals surface area contributed by atoms with Crippen molar-refractivity contribution in [3.8, 4) is 0 Å². The van der Waals surface area contributed by atoms with E-state index in [9.17, 15) is 4.79 Å². The lowest BCUT2D eigenvalue weighted by molar-refractivity contribution is 0.0519. The van der Waals surface area contributed by atoms with Crippen molar-refractivity contribution in [2.24, 2.45) is 0 Å². The Kier molecular flexibility index (Phi) is 2.68. The summed E-state index contributed by atoms with van der Waals surface area (Å²) >= 11 is 3.29. The molecule has 0 spiro atoms. The van der Waals surface area contributed by atoms with Crippen LogP contribution in [0.1, 0.15) is 17.4 Å². The van der Waals surface area contributed by atoms with Crippen LogP contribution in [0.3, 0.4) is 0 Å². The molecule has 6 heteroatoms. The van der Waals surface area contributed by atoms with Gasteiger partial charge in [-0.15, -0.1) is 0 Å². The summed E-state index contributed by atoms with van der Waals surface area (Å²) in [5.41, 5.74) is 0.881. The van der Waals surface area contributed by atoms with E-state index in [4.69, 9.17) is 4.74 Å². The first-order valence-corrected chi connectivity index (χ1v) is 5.18. The molecule has 0 N–H and O–H groups in total. The van der Waals surface area contributed by atoms with Crippen molar-refractivity contribution in [3.63, 3.8) is 0 Å². The fourth-order valence-corrected chi connectivity index (χ4v) is 1.52. The monoisotopic (exact) mass is 269 g/mol. The molecule has 2 heterocycles. The number of esters is 1. The molecule has 2 aromatic rings. The second kappa shape index (κ2) is 3.98. The van der Waals surface area contributed by atoms with Crippen molar-refractivity contribution in [1.82, 2.24) is 14.6 Å². The standard InChI is InChI=1S/C9H8BrN3O2/c1-2-15-9(14)7-3-4-13-8(12-7)6(10)5-11-13/h3-5H,2H2,1H3. The second-order valence-corrected chi connectivity index (χ2v) is 3.65. The van der Waals surface area contributed by atoms with Gasteiger partial charge in [-0.3, -0.25) is 0 Å². The minimum Gasteiger partial charge on any atom is -0.461 e. The summed E-state index contributed by atoms with van der Waals surface area (Å²) in [6.07, 6.45) is 3.29. The number of rotatable bonds is 2. The van der Waals surface area contributed by atoms with Crippen LogP contribution in [0.5, 0.6) is 0 Å². The van der Waals surface area contributed by atoms with Gasteiger partial charge in [-0.1, -0.05) is 0 Å². The Hall–Kier alpha value is -1.43. The fraction of sp³-hybridized carbons (Fsp3) is 0.222. The summed E-state index contributed by atoms with van der Waals surface area (Å²) in [6.45, 7) is 2.09. The van der Waals surface area contributed by atoms with Gasteiger partial charge in [0.25, 0.3) is 0 Å². The van der Waals surface area contributed by atoms with E-state index in [1.807, 2.05) is 0 Å². The molecule has 0 aliphatic heterocycles. The van der Waals surface area contributed by atoms with Crippen LogP contribution in [0.25, 0.3) is 5.65 Å². The summed E-state index contributed by atoms with van der Waals surface area (Å²) in [6, 6.07) is 1.57. The van der Waals surface area contributed by atoms with Crippen LogP contribution in [0.2, 0.25) is 0 Å². The second-order valence-electron chi connectivity index (χ2n) is 2.79. The summed E-state index contributed by atoms with van der Waals surface area (Å²) in [7, 11) is 0. The molecule has 2 aromatic heterocycles. The number of halogens is 1. The van der Waals surface area contributed by atoms with Gasteiger partial charge in [0, 0.05) is 6.20 Å². The molecule has 0 saturated carbocycles. The van der Waals surface area contributed by atoms with Crippen LogP contribution in [0.4, 0.5) is 0 Å². The van der Waals surface area contributed by atoms with E-state index in [0.717, 1.165) is 4.47 Å². The van der Waals surface area contributed by atoms with E-state index in [2.05, 4.69) is 26.0 Å². The third-order valence-electron chi connectivity index (χ3n) is 1.81. The van der Waals surface area contributed by atoms with Crippen LogP contribution in [-0.4, -0.2) is 27.2 Å². The number of hydrogen-bond acceptors (Lipinski definition) is 4. The summed E-state index contributed by atoms with van der Waals surface area (Å²) < 4.78 is 7.17. The van der Waals surface area contributed by atoms with E-state index in [-0.39, 0.29) is 5.69 Å². The zero-order valence-corrected chi connectivity index (χ0v) is 9.56. The molecule has 0 aliphatic carbocycles. The Morgan fingerprint density at radius 2 is 2.47 bits per heavy atom. The third-order valence-corrected chi connectivity index (χ3v) is 2.37. The molecular weight excluding hydrogens is 262 g/mol. The Morgan fingerprint density at radius 1 is 1.67 bits per heavy atom. The van der Waals surface area contributed by atoms with Crippen molar-refractivity contribution in [3.05, 3.63) is 28.6 Å². The Morgan fingerprint density at radius 3 is 3.20 bits per heavy atom. The van der Waals surface area contributed by atoms with Gasteiger partial charge in [0.1, 0.15) is 0 Å². The van der Waals surface area contributed by atoms with E-state index in [1.165, 1.54) is 0 Å². The van der Waals surface area contributed by atoms with E-state index >= 15 is 0 Å². The van der Waals surface area contributed by atoms with E-state index < -0.39 is 5.97 Å². The van der Waals surface area contributed by atoms with Gasteiger partial charge < -0.3 is 4.74 Å². The maximum atomic E-state index is 11.4. The minimum atomic E-state index is -0.423. The van der Waals surface area contributed by atoms with E-state index in [0.29, 0.717) is 12.3 Å². The molecule has 0 aliphatic rings. The normalized spacial score (nSPS) is 10.5. The molecule has 2 rings (SSSR count). The highest BCUT2D eigenvalue weighted by Gasteiger charge is 2.10. The lowest BCUT2D eigenvalue weighted by atomic mass is 10.4. The first-order chi connectivity index (χ1) is 7.22. The van der Waals surface area contributed by atoms with Gasteiger partial charge in [0.05, 0.1) is 17.3 Å². The van der Waals surface area contributed by atoms with Crippen molar-refractivity contribution < 1.29 is 9.53 Å². The van der Waals surface area contributed by atoms with Crippen LogP contribution < -0.4 is 0 Å². The largest absolute Gasteiger partial charge is 0.461 e. The van der Waals surface area contributed by atoms with Crippen LogP contribution in [0, 0.1) is 0 Å². The zero-order valence-electron chi connectivity index (χ0n) is 7.98. The predicted molar refractivity (Wildman–Crippen MR) is 56.6 cm³/mol. The van der Waals surface area contributed by atoms with Crippen molar-refractivity contribution in [1.29, 1.82) is 0 Å². The first-order valence-electron chi connectivity index (χ1n) is 4.39. The Labute approximate surface area is 94.2 Å². The van der Waals surface area contributed by atoms with Crippen LogP contribution in [-0.2, 0) is 4.74 Å². The Bertz CT molecular complexity index is 509. The summed E-state index contributed by atoms with van der Waals surface area (Å²) in [4.78, 5) is 15.5. The number of fused-ring (bicyclic) bond motifs is 1. The highest BCUT2D eigenvalue weighted by molar-refractivity contribution is 9.10. The summed E-state index contributed by atoms with van der Waals surface area (Å²) in [5, 5.41) is 4.02. The molecule has 0 saturated heterocycles. The number of aromatic nitrogens is 3. The number of ether oxygens (including phenoxy) is 1. The number of nitrogens with zero attached hydrogens (tertiary/aromatic N) is 3. The van der Waals surface area contributed by atoms with Crippen molar-refractivity contribution >= 4 is 27.5 Å². The molecule has 0 radical (unpaired) electrons. The number of carbonyl (C=O) groups excluding carboxylic acids is 1. The number of carbonyl (C=O) groups is 1. The van der Waals surface area contributed by atoms with Crippen LogP contribution in [0.15, 0.2) is 22.9 Å². The molecule has 78 valence electrons. The SMILES string of the molecule is CCOC(=O)c1ccn2ncc(Br)c2n1. The molecular formula is C9H8BrN3O2. The summed E-state index contributed by atoms with van der Waals surface area (Å²) in [5.74, 6) is -0.423. The molecule has 15 heavy (non-hydrogen) atoms. The fourth-order valence-electron chi connectivity index (χ4n) is 1.16. The maximum Gasteiger partial charge on any atom is 0.357 e. The van der Waals surface area contributed by atoms with Gasteiger partial charge in [0.2, 0.25) is 0 Å². The smallest absolute Gasteiger partial charge is 0.357 e. The van der Waals surface area contributed by atoms with Crippen LogP contribution >= 0.6 is 15.9 Å². The highest BCUT2D eigenvalue weighted by Crippen LogP contribution is 2.15. The lowest BCUT2D eigenvalue weighted by Crippen LogP contribution is -2.08. The van der Waals surface area contributed by atoms with Gasteiger partial charge >= 0.3 is 5.97 Å². The van der Waals surface area contributed by atoms with Gasteiger partial charge in [-0.25, -0.2) is 14.3 Å². The van der Waals surface area contributed by atoms with E-state index in [1.54, 1.807) is 29.9 Å². The molecule has 0 atom stereocenters. The lowest BCUT2D eigenvalue weighted by Gasteiger charge is -2.00. The quantitative estimate of drug-likeness (QED) is 0.779. The van der Waals surface area contributed by atoms with Gasteiger partial charge in [-0.05, 0) is 28.9 Å².